The molecule has 1 aromatic heterocycles. The summed E-state index contributed by atoms with van der Waals surface area (Å²) in [7, 11) is 0. The van der Waals surface area contributed by atoms with Gasteiger partial charge in [-0.3, -0.25) is 4.90 Å². The molecule has 1 atom stereocenters. The van der Waals surface area contributed by atoms with Crippen LogP contribution in [0.2, 0.25) is 0 Å². The van der Waals surface area contributed by atoms with Gasteiger partial charge in [-0.25, -0.2) is 23.6 Å². The maximum Gasteiger partial charge on any atom is 0.341 e. The zero-order chi connectivity index (χ0) is 25.8. The molecule has 0 radical (unpaired) electrons. The number of piperazine rings is 1. The molecule has 37 heavy (non-hydrogen) atoms. The number of ether oxygens (including phenoxy) is 2. The lowest BCUT2D eigenvalue weighted by molar-refractivity contribution is 0.0317. The van der Waals surface area contributed by atoms with Gasteiger partial charge >= 0.3 is 6.03 Å². The highest BCUT2D eigenvalue weighted by atomic mass is 19.1. The number of halogens is 3. The molecule has 0 spiro atoms. The van der Waals surface area contributed by atoms with Gasteiger partial charge in [0, 0.05) is 64.5 Å². The molecule has 0 N–H and O–H groups in total. The summed E-state index contributed by atoms with van der Waals surface area (Å²) in [5, 5.41) is 5.42. The van der Waals surface area contributed by atoms with E-state index in [0.29, 0.717) is 70.5 Å². The van der Waals surface area contributed by atoms with E-state index in [9.17, 15) is 18.0 Å². The molecule has 2 amide bonds. The molecule has 0 aliphatic carbocycles. The first-order chi connectivity index (χ1) is 18.0. The number of carbonyl (C=O) groups is 1. The van der Waals surface area contributed by atoms with Crippen LogP contribution in [0.1, 0.15) is 18.0 Å². The summed E-state index contributed by atoms with van der Waals surface area (Å²) < 4.78 is 52.6. The van der Waals surface area contributed by atoms with Gasteiger partial charge in [0.1, 0.15) is 18.2 Å². The Labute approximate surface area is 212 Å². The number of morpholine rings is 1. The third-order valence-electron chi connectivity index (χ3n) is 6.58. The number of aromatic nitrogens is 2. The van der Waals surface area contributed by atoms with Crippen LogP contribution in [-0.4, -0.2) is 103 Å². The normalized spacial score (nSPS) is 20.5. The second kappa shape index (κ2) is 11.3. The van der Waals surface area contributed by atoms with Crippen LogP contribution < -0.4 is 9.64 Å². The summed E-state index contributed by atoms with van der Waals surface area (Å²) in [5.74, 6) is -1.82. The average molecular weight is 520 g/mol. The van der Waals surface area contributed by atoms with Crippen molar-refractivity contribution in [1.29, 1.82) is 0 Å². The number of benzene rings is 1. The zero-order valence-corrected chi connectivity index (χ0v) is 20.2. The van der Waals surface area contributed by atoms with Crippen molar-refractivity contribution in [3.8, 4) is 5.88 Å². The van der Waals surface area contributed by atoms with E-state index >= 15 is 0 Å². The van der Waals surface area contributed by atoms with Gasteiger partial charge in [-0.1, -0.05) is 0 Å². The van der Waals surface area contributed by atoms with Crippen molar-refractivity contribution in [3.63, 3.8) is 0 Å². The first-order valence-electron chi connectivity index (χ1n) is 12.2. The molecular weight excluding hydrogens is 491 g/mol. The molecule has 4 heterocycles. The Morgan fingerprint density at radius 3 is 2.49 bits per heavy atom. The predicted molar refractivity (Wildman–Crippen MR) is 128 cm³/mol. The van der Waals surface area contributed by atoms with E-state index in [-0.39, 0.29) is 11.9 Å². The Hall–Kier alpha value is -3.45. The van der Waals surface area contributed by atoms with Gasteiger partial charge < -0.3 is 19.3 Å². The Balaban J connectivity index is 1.16. The van der Waals surface area contributed by atoms with Crippen LogP contribution in [0, 0.1) is 17.5 Å². The molecule has 2 fully saturated rings. The fraction of sp³-hybridized carbons (Fsp3) is 0.500. The van der Waals surface area contributed by atoms with Crippen LogP contribution in [0.4, 0.5) is 23.9 Å². The largest absolute Gasteiger partial charge is 0.474 e. The predicted octanol–water partition coefficient (Wildman–Crippen LogP) is 2.28. The summed E-state index contributed by atoms with van der Waals surface area (Å²) in [6, 6.07) is 2.30. The molecule has 0 bridgehead atoms. The molecule has 3 aliphatic heterocycles. The first kappa shape index (κ1) is 25.2. The van der Waals surface area contributed by atoms with E-state index in [2.05, 4.69) is 20.0 Å². The molecular formula is C24H28F3N7O3. The molecule has 0 saturated carbocycles. The van der Waals surface area contributed by atoms with Crippen LogP contribution in [0.3, 0.4) is 0 Å². The van der Waals surface area contributed by atoms with Gasteiger partial charge in [0.25, 0.3) is 5.88 Å². The average Bonchev–Trinajstić information content (AvgIpc) is 3.40. The molecule has 1 aromatic carbocycles. The molecule has 10 nitrogen and oxygen atoms in total. The molecule has 3 aliphatic rings. The van der Waals surface area contributed by atoms with Crippen molar-refractivity contribution in [2.75, 3.05) is 70.5 Å². The number of hydrogen-bond acceptors (Lipinski definition) is 8. The van der Waals surface area contributed by atoms with Gasteiger partial charge in [-0.15, -0.1) is 0 Å². The summed E-state index contributed by atoms with van der Waals surface area (Å²) in [6.45, 7) is 5.45. The van der Waals surface area contributed by atoms with Crippen LogP contribution in [-0.2, 0) is 4.74 Å². The Kier molecular flexibility index (Phi) is 7.70. The molecule has 2 saturated heterocycles. The third kappa shape index (κ3) is 5.93. The highest BCUT2D eigenvalue weighted by Gasteiger charge is 2.34. The van der Waals surface area contributed by atoms with Crippen molar-refractivity contribution in [2.24, 2.45) is 5.10 Å². The number of carbonyl (C=O) groups excluding carboxylic acids is 1. The van der Waals surface area contributed by atoms with E-state index in [1.807, 2.05) is 4.90 Å². The molecule has 0 unspecified atom stereocenters. The van der Waals surface area contributed by atoms with Gasteiger partial charge in [0.15, 0.2) is 0 Å². The minimum Gasteiger partial charge on any atom is -0.474 e. The summed E-state index contributed by atoms with van der Waals surface area (Å²) >= 11 is 0. The molecule has 5 rings (SSSR count). The van der Waals surface area contributed by atoms with E-state index in [1.165, 1.54) is 17.1 Å². The van der Waals surface area contributed by atoms with E-state index in [1.54, 1.807) is 11.1 Å². The van der Waals surface area contributed by atoms with Gasteiger partial charge in [-0.05, 0) is 17.7 Å². The Bertz CT molecular complexity index is 1120. The molecule has 13 heteroatoms. The van der Waals surface area contributed by atoms with E-state index in [4.69, 9.17) is 9.47 Å². The number of hydrazone groups is 1. The topological polar surface area (TPSA) is 86.6 Å². The van der Waals surface area contributed by atoms with Gasteiger partial charge in [-0.2, -0.15) is 14.5 Å². The highest BCUT2D eigenvalue weighted by molar-refractivity contribution is 5.78. The minimum absolute atomic E-state index is 0.103. The van der Waals surface area contributed by atoms with Crippen LogP contribution in [0.25, 0.3) is 0 Å². The molecule has 198 valence electrons. The lowest BCUT2D eigenvalue weighted by Gasteiger charge is -2.37. The van der Waals surface area contributed by atoms with Gasteiger partial charge in [0.05, 0.1) is 25.5 Å². The van der Waals surface area contributed by atoms with Crippen LogP contribution in [0.15, 0.2) is 29.5 Å². The second-order valence-corrected chi connectivity index (χ2v) is 8.98. The summed E-state index contributed by atoms with van der Waals surface area (Å²) in [4.78, 5) is 27.2. The summed E-state index contributed by atoms with van der Waals surface area (Å²) in [5.41, 5.74) is 0.350. The Morgan fingerprint density at radius 2 is 1.76 bits per heavy atom. The number of urea groups is 1. The zero-order valence-electron chi connectivity index (χ0n) is 20.2. The SMILES string of the molecule is O=C(N1CCN(c2ncc(F)c(OCCN3CCOCC3)n2)CC1)N1N=CC[C@H]1c1cc(F)cc(F)c1. The number of hydrogen-bond donors (Lipinski definition) is 0. The van der Waals surface area contributed by atoms with Crippen molar-refractivity contribution in [2.45, 2.75) is 12.5 Å². The fourth-order valence-electron chi connectivity index (χ4n) is 4.58. The second-order valence-electron chi connectivity index (χ2n) is 8.98. The number of rotatable bonds is 6. The lowest BCUT2D eigenvalue weighted by atomic mass is 10.0. The third-order valence-corrected chi connectivity index (χ3v) is 6.58. The molecule has 2 aromatic rings. The van der Waals surface area contributed by atoms with E-state index < -0.39 is 23.5 Å². The van der Waals surface area contributed by atoms with Crippen LogP contribution in [0.5, 0.6) is 5.88 Å². The van der Waals surface area contributed by atoms with Crippen LogP contribution >= 0.6 is 0 Å². The van der Waals surface area contributed by atoms with Crippen molar-refractivity contribution in [1.82, 2.24) is 24.8 Å². The van der Waals surface area contributed by atoms with Crippen molar-refractivity contribution in [3.05, 3.63) is 47.4 Å². The number of nitrogens with zero attached hydrogens (tertiary/aromatic N) is 7. The fourth-order valence-corrected chi connectivity index (χ4v) is 4.58. The van der Waals surface area contributed by atoms with Gasteiger partial charge in [0.2, 0.25) is 11.8 Å². The minimum atomic E-state index is -0.702. The highest BCUT2D eigenvalue weighted by Crippen LogP contribution is 2.30. The summed E-state index contributed by atoms with van der Waals surface area (Å²) in [6.07, 6.45) is 3.02. The standard InChI is InChI=1S/C24H28F3N7O3/c25-18-13-17(14-19(26)15-18)21-1-2-29-34(21)24(35)33-5-3-32(4-6-33)23-28-16-20(27)22(30-23)37-12-9-31-7-10-36-11-8-31/h2,13-16,21H,1,3-12H2/t21-/m0/s1. The maximum atomic E-state index is 14.2. The quantitative estimate of drug-likeness (QED) is 0.579. The lowest BCUT2D eigenvalue weighted by Crippen LogP contribution is -2.52. The number of amides is 2. The smallest absolute Gasteiger partial charge is 0.341 e. The van der Waals surface area contributed by atoms with Crippen molar-refractivity contribution < 1.29 is 27.4 Å². The number of anilines is 1. The first-order valence-corrected chi connectivity index (χ1v) is 12.2. The Morgan fingerprint density at radius 1 is 1.03 bits per heavy atom. The maximum absolute atomic E-state index is 14.2. The van der Waals surface area contributed by atoms with Crippen molar-refractivity contribution >= 4 is 18.2 Å². The van der Waals surface area contributed by atoms with E-state index in [0.717, 1.165) is 25.4 Å². The monoisotopic (exact) mass is 519 g/mol.